The summed E-state index contributed by atoms with van der Waals surface area (Å²) in [5.74, 6) is 0.272. The minimum atomic E-state index is -0.366. The first-order chi connectivity index (χ1) is 15.6. The van der Waals surface area contributed by atoms with Gasteiger partial charge in [0.15, 0.2) is 17.0 Å². The number of rotatable bonds is 10. The van der Waals surface area contributed by atoms with Gasteiger partial charge < -0.3 is 19.4 Å². The van der Waals surface area contributed by atoms with Crippen LogP contribution in [-0.2, 0) is 11.3 Å². The number of ether oxygens (including phenoxy) is 2. The zero-order chi connectivity index (χ0) is 22.3. The van der Waals surface area contributed by atoms with E-state index in [1.807, 2.05) is 4.57 Å². The number of hydrogen-bond acceptors (Lipinski definition) is 7. The van der Waals surface area contributed by atoms with E-state index < -0.39 is 0 Å². The van der Waals surface area contributed by atoms with E-state index >= 15 is 0 Å². The van der Waals surface area contributed by atoms with E-state index in [-0.39, 0.29) is 5.82 Å². The predicted octanol–water partition coefficient (Wildman–Crippen LogP) is 3.59. The minimum absolute atomic E-state index is 0.312. The van der Waals surface area contributed by atoms with Crippen molar-refractivity contribution in [3.63, 3.8) is 0 Å². The average molecular weight is 463 g/mol. The van der Waals surface area contributed by atoms with Crippen LogP contribution in [0.2, 0.25) is 5.02 Å². The molecule has 0 atom stereocenters. The lowest BCUT2D eigenvalue weighted by molar-refractivity contribution is 0.0398. The Bertz CT molecular complexity index is 1040. The van der Waals surface area contributed by atoms with Crippen LogP contribution in [0.15, 0.2) is 24.5 Å². The summed E-state index contributed by atoms with van der Waals surface area (Å²) in [6, 6.07) is 4.69. The monoisotopic (exact) mass is 462 g/mol. The molecule has 0 aliphatic carbocycles. The highest BCUT2D eigenvalue weighted by molar-refractivity contribution is 6.31. The SMILES string of the molecule is CCCCOc1nc(NCCN2CCOCC2)c2ncn(Cc3ccc(F)cc3Cl)c2n1. The lowest BCUT2D eigenvalue weighted by Crippen LogP contribution is -2.39. The number of anilines is 1. The summed E-state index contributed by atoms with van der Waals surface area (Å²) in [6.07, 6.45) is 3.64. The van der Waals surface area contributed by atoms with Gasteiger partial charge in [-0.15, -0.1) is 0 Å². The second kappa shape index (κ2) is 10.9. The Balaban J connectivity index is 1.56. The fraction of sp³-hybridized carbons (Fsp3) is 0.500. The molecule has 10 heteroatoms. The molecule has 1 saturated heterocycles. The van der Waals surface area contributed by atoms with Crippen molar-refractivity contribution in [3.8, 4) is 6.01 Å². The zero-order valence-corrected chi connectivity index (χ0v) is 18.9. The molecule has 32 heavy (non-hydrogen) atoms. The van der Waals surface area contributed by atoms with Crippen molar-refractivity contribution in [1.29, 1.82) is 0 Å². The van der Waals surface area contributed by atoms with Gasteiger partial charge in [-0.1, -0.05) is 31.0 Å². The van der Waals surface area contributed by atoms with Crippen molar-refractivity contribution in [3.05, 3.63) is 40.9 Å². The molecule has 0 saturated carbocycles. The molecule has 1 fully saturated rings. The van der Waals surface area contributed by atoms with E-state index in [1.54, 1.807) is 12.4 Å². The van der Waals surface area contributed by atoms with Crippen LogP contribution in [0, 0.1) is 5.82 Å². The second-order valence-corrected chi connectivity index (χ2v) is 8.13. The number of nitrogens with one attached hydrogen (secondary N) is 1. The molecule has 0 amide bonds. The predicted molar refractivity (Wildman–Crippen MR) is 122 cm³/mol. The first kappa shape index (κ1) is 22.7. The van der Waals surface area contributed by atoms with Crippen molar-refractivity contribution in [2.45, 2.75) is 26.3 Å². The molecule has 0 bridgehead atoms. The lowest BCUT2D eigenvalue weighted by Gasteiger charge is -2.26. The highest BCUT2D eigenvalue weighted by Crippen LogP contribution is 2.25. The fourth-order valence-corrected chi connectivity index (χ4v) is 3.75. The van der Waals surface area contributed by atoms with E-state index in [2.05, 4.69) is 32.1 Å². The molecule has 8 nitrogen and oxygen atoms in total. The van der Waals surface area contributed by atoms with Crippen LogP contribution in [0.5, 0.6) is 6.01 Å². The van der Waals surface area contributed by atoms with Crippen LogP contribution < -0.4 is 10.1 Å². The summed E-state index contributed by atoms with van der Waals surface area (Å²) in [4.78, 5) is 16.0. The van der Waals surface area contributed by atoms with Gasteiger partial charge in [-0.3, -0.25) is 4.90 Å². The number of benzene rings is 1. The largest absolute Gasteiger partial charge is 0.463 e. The number of halogens is 2. The normalized spacial score (nSPS) is 14.7. The Morgan fingerprint density at radius 1 is 1.25 bits per heavy atom. The third-order valence-electron chi connectivity index (χ3n) is 5.35. The summed E-state index contributed by atoms with van der Waals surface area (Å²) in [7, 11) is 0. The molecular formula is C22H28ClFN6O2. The van der Waals surface area contributed by atoms with Crippen molar-refractivity contribution in [2.75, 3.05) is 51.3 Å². The molecule has 0 radical (unpaired) electrons. The molecule has 3 heterocycles. The Kier molecular flexibility index (Phi) is 7.72. The van der Waals surface area contributed by atoms with Crippen molar-refractivity contribution >= 4 is 28.6 Å². The summed E-state index contributed by atoms with van der Waals surface area (Å²) in [5.41, 5.74) is 2.08. The Morgan fingerprint density at radius 2 is 2.09 bits per heavy atom. The number of aromatic nitrogens is 4. The van der Waals surface area contributed by atoms with Crippen LogP contribution in [0.25, 0.3) is 11.2 Å². The maximum Gasteiger partial charge on any atom is 0.320 e. The second-order valence-electron chi connectivity index (χ2n) is 7.72. The van der Waals surface area contributed by atoms with E-state index in [4.69, 9.17) is 21.1 Å². The van der Waals surface area contributed by atoms with Crippen molar-refractivity contribution < 1.29 is 13.9 Å². The summed E-state index contributed by atoms with van der Waals surface area (Å²) in [5, 5.41) is 3.76. The summed E-state index contributed by atoms with van der Waals surface area (Å²) >= 11 is 6.23. The number of unbranched alkanes of at least 4 members (excludes halogenated alkanes) is 1. The first-order valence-corrected chi connectivity index (χ1v) is 11.4. The smallest absolute Gasteiger partial charge is 0.320 e. The van der Waals surface area contributed by atoms with Crippen molar-refractivity contribution in [2.24, 2.45) is 0 Å². The summed E-state index contributed by atoms with van der Waals surface area (Å²) < 4.78 is 26.5. The molecule has 1 N–H and O–H groups in total. The standard InChI is InChI=1S/C22H28ClFN6O2/c1-2-3-10-32-22-27-20(25-6-7-29-8-11-31-12-9-29)19-21(28-22)30(15-26-19)14-16-4-5-17(24)13-18(16)23/h4-5,13,15H,2-3,6-12,14H2,1H3,(H,25,27,28). The zero-order valence-electron chi connectivity index (χ0n) is 18.2. The van der Waals surface area contributed by atoms with Crippen LogP contribution >= 0.6 is 11.6 Å². The van der Waals surface area contributed by atoms with Crippen LogP contribution in [-0.4, -0.2) is 70.4 Å². The van der Waals surface area contributed by atoms with Gasteiger partial charge in [-0.05, 0) is 24.1 Å². The van der Waals surface area contributed by atoms with Crippen molar-refractivity contribution in [1.82, 2.24) is 24.4 Å². The van der Waals surface area contributed by atoms with Crippen LogP contribution in [0.1, 0.15) is 25.3 Å². The Labute approximate surface area is 191 Å². The van der Waals surface area contributed by atoms with E-state index in [0.717, 1.165) is 57.8 Å². The number of fused-ring (bicyclic) bond motifs is 1. The van der Waals surface area contributed by atoms with E-state index in [0.29, 0.717) is 41.2 Å². The van der Waals surface area contributed by atoms with Gasteiger partial charge in [0.2, 0.25) is 0 Å². The average Bonchev–Trinajstić information content (AvgIpc) is 3.19. The number of hydrogen-bond donors (Lipinski definition) is 1. The lowest BCUT2D eigenvalue weighted by atomic mass is 10.2. The number of morpholine rings is 1. The van der Waals surface area contributed by atoms with Gasteiger partial charge in [0, 0.05) is 31.2 Å². The molecular weight excluding hydrogens is 435 g/mol. The van der Waals surface area contributed by atoms with E-state index in [1.165, 1.54) is 12.1 Å². The van der Waals surface area contributed by atoms with Gasteiger partial charge in [-0.25, -0.2) is 9.37 Å². The Morgan fingerprint density at radius 3 is 2.88 bits per heavy atom. The highest BCUT2D eigenvalue weighted by Gasteiger charge is 2.16. The topological polar surface area (TPSA) is 77.3 Å². The maximum absolute atomic E-state index is 13.4. The van der Waals surface area contributed by atoms with Gasteiger partial charge in [0.05, 0.1) is 32.7 Å². The van der Waals surface area contributed by atoms with Gasteiger partial charge in [-0.2, -0.15) is 9.97 Å². The molecule has 1 aromatic carbocycles. The van der Waals surface area contributed by atoms with Gasteiger partial charge in [0.25, 0.3) is 0 Å². The molecule has 172 valence electrons. The van der Waals surface area contributed by atoms with Crippen LogP contribution in [0.3, 0.4) is 0 Å². The molecule has 0 unspecified atom stereocenters. The Hall–Kier alpha value is -2.49. The minimum Gasteiger partial charge on any atom is -0.463 e. The first-order valence-electron chi connectivity index (χ1n) is 11.0. The summed E-state index contributed by atoms with van der Waals surface area (Å²) in [6.45, 7) is 8.06. The van der Waals surface area contributed by atoms with Gasteiger partial charge in [0.1, 0.15) is 5.82 Å². The van der Waals surface area contributed by atoms with E-state index in [9.17, 15) is 4.39 Å². The number of imidazole rings is 1. The van der Waals surface area contributed by atoms with Crippen LogP contribution in [0.4, 0.5) is 10.2 Å². The molecule has 1 aliphatic rings. The third-order valence-corrected chi connectivity index (χ3v) is 5.70. The molecule has 0 spiro atoms. The molecule has 1 aliphatic heterocycles. The highest BCUT2D eigenvalue weighted by atomic mass is 35.5. The third kappa shape index (κ3) is 5.65. The maximum atomic E-state index is 13.4. The molecule has 3 aromatic rings. The fourth-order valence-electron chi connectivity index (χ4n) is 3.53. The molecule has 4 rings (SSSR count). The molecule has 2 aromatic heterocycles. The quantitative estimate of drug-likeness (QED) is 0.461. The number of nitrogens with zero attached hydrogens (tertiary/aromatic N) is 5. The van der Waals surface area contributed by atoms with Gasteiger partial charge >= 0.3 is 6.01 Å².